The first-order valence-electron chi connectivity index (χ1n) is 5.58. The van der Waals surface area contributed by atoms with Crippen molar-refractivity contribution >= 4 is 11.9 Å². The zero-order valence-corrected chi connectivity index (χ0v) is 10.6. The molecule has 17 heavy (non-hydrogen) atoms. The van der Waals surface area contributed by atoms with Crippen molar-refractivity contribution in [3.8, 4) is 0 Å². The van der Waals surface area contributed by atoms with E-state index in [-0.39, 0.29) is 12.6 Å². The van der Waals surface area contributed by atoms with E-state index in [1.54, 1.807) is 13.8 Å². The quantitative estimate of drug-likeness (QED) is 0.666. The summed E-state index contributed by atoms with van der Waals surface area (Å²) >= 11 is 0. The van der Waals surface area contributed by atoms with E-state index >= 15 is 0 Å². The number of morpholine rings is 1. The number of rotatable bonds is 4. The summed E-state index contributed by atoms with van der Waals surface area (Å²) in [5.41, 5.74) is 4.64. The molecule has 1 amide bonds. The molecule has 6 heteroatoms. The van der Waals surface area contributed by atoms with Gasteiger partial charge in [0.15, 0.2) is 0 Å². The monoisotopic (exact) mass is 244 g/mol. The summed E-state index contributed by atoms with van der Waals surface area (Å²) in [6, 6.07) is -0.465. The number of esters is 1. The zero-order valence-electron chi connectivity index (χ0n) is 10.6. The molecule has 1 saturated heterocycles. The summed E-state index contributed by atoms with van der Waals surface area (Å²) in [5, 5.41) is 0. The third-order valence-corrected chi connectivity index (χ3v) is 2.90. The smallest absolute Gasteiger partial charge is 0.312 e. The Morgan fingerprint density at radius 1 is 1.53 bits per heavy atom. The van der Waals surface area contributed by atoms with Crippen molar-refractivity contribution in [3.05, 3.63) is 0 Å². The molecule has 1 aliphatic heterocycles. The second-order valence-electron chi connectivity index (χ2n) is 4.84. The molecule has 0 aromatic rings. The molecule has 98 valence electrons. The second-order valence-corrected chi connectivity index (χ2v) is 4.84. The fourth-order valence-electron chi connectivity index (χ4n) is 1.94. The van der Waals surface area contributed by atoms with Crippen LogP contribution in [-0.4, -0.2) is 56.2 Å². The van der Waals surface area contributed by atoms with Crippen LogP contribution in [0.4, 0.5) is 0 Å². The van der Waals surface area contributed by atoms with Crippen LogP contribution < -0.4 is 5.73 Å². The average molecular weight is 244 g/mol. The predicted molar refractivity (Wildman–Crippen MR) is 61.2 cm³/mol. The van der Waals surface area contributed by atoms with Gasteiger partial charge in [0, 0.05) is 13.1 Å². The molecule has 0 aromatic heterocycles. The third-order valence-electron chi connectivity index (χ3n) is 2.90. The lowest BCUT2D eigenvalue weighted by Gasteiger charge is -2.37. The molecule has 1 unspecified atom stereocenters. The lowest BCUT2D eigenvalue weighted by Crippen LogP contribution is -2.55. The highest BCUT2D eigenvalue weighted by atomic mass is 16.5. The number of carbonyl (C=O) groups is 2. The van der Waals surface area contributed by atoms with Gasteiger partial charge in [0.2, 0.25) is 5.91 Å². The molecule has 0 aromatic carbocycles. The lowest BCUT2D eigenvalue weighted by molar-refractivity contribution is -0.154. The third kappa shape index (κ3) is 3.41. The number of nitrogens with two attached hydrogens (primary N) is 1. The molecule has 0 spiro atoms. The largest absolute Gasteiger partial charge is 0.469 e. The van der Waals surface area contributed by atoms with Gasteiger partial charge >= 0.3 is 5.97 Å². The van der Waals surface area contributed by atoms with Gasteiger partial charge in [-0.15, -0.1) is 0 Å². The van der Waals surface area contributed by atoms with Crippen LogP contribution in [0.3, 0.4) is 0 Å². The van der Waals surface area contributed by atoms with Crippen LogP contribution in [0.25, 0.3) is 0 Å². The van der Waals surface area contributed by atoms with Gasteiger partial charge in [-0.1, -0.05) is 0 Å². The molecule has 2 N–H and O–H groups in total. The van der Waals surface area contributed by atoms with E-state index in [9.17, 15) is 9.59 Å². The zero-order chi connectivity index (χ0) is 13.1. The number of ether oxygens (including phenoxy) is 2. The molecule has 1 aliphatic rings. The first-order valence-corrected chi connectivity index (χ1v) is 5.58. The molecular formula is C11H20N2O4. The van der Waals surface area contributed by atoms with Crippen molar-refractivity contribution in [2.75, 3.05) is 33.4 Å². The highest BCUT2D eigenvalue weighted by molar-refractivity contribution is 5.80. The highest BCUT2D eigenvalue weighted by Gasteiger charge is 2.36. The van der Waals surface area contributed by atoms with E-state index in [0.29, 0.717) is 19.7 Å². The van der Waals surface area contributed by atoms with Gasteiger partial charge in [0.05, 0.1) is 25.7 Å². The van der Waals surface area contributed by atoms with Crippen LogP contribution in [0.15, 0.2) is 0 Å². The van der Waals surface area contributed by atoms with Gasteiger partial charge in [-0.3, -0.25) is 14.5 Å². The van der Waals surface area contributed by atoms with Gasteiger partial charge < -0.3 is 15.2 Å². The Morgan fingerprint density at radius 3 is 2.71 bits per heavy atom. The van der Waals surface area contributed by atoms with Crippen LogP contribution in [0, 0.1) is 5.41 Å². The molecule has 6 nitrogen and oxygen atoms in total. The van der Waals surface area contributed by atoms with E-state index in [0.717, 1.165) is 0 Å². The van der Waals surface area contributed by atoms with E-state index in [1.807, 2.05) is 4.90 Å². The molecule has 0 saturated carbocycles. The first kappa shape index (κ1) is 13.9. The summed E-state index contributed by atoms with van der Waals surface area (Å²) < 4.78 is 9.96. The Balaban J connectivity index is 2.70. The molecule has 0 radical (unpaired) electrons. The summed E-state index contributed by atoms with van der Waals surface area (Å²) in [4.78, 5) is 24.7. The van der Waals surface area contributed by atoms with Crippen molar-refractivity contribution in [3.63, 3.8) is 0 Å². The minimum absolute atomic E-state index is 0.284. The second kappa shape index (κ2) is 5.46. The molecule has 0 bridgehead atoms. The number of hydrogen-bond acceptors (Lipinski definition) is 5. The molecular weight excluding hydrogens is 224 g/mol. The van der Waals surface area contributed by atoms with Gasteiger partial charge in [0.1, 0.15) is 6.04 Å². The number of methoxy groups -OCH3 is 1. The minimum atomic E-state index is -0.667. The van der Waals surface area contributed by atoms with Crippen LogP contribution >= 0.6 is 0 Å². The van der Waals surface area contributed by atoms with Crippen molar-refractivity contribution in [2.24, 2.45) is 11.1 Å². The number of nitrogens with zero attached hydrogens (tertiary/aromatic N) is 1. The number of primary amides is 1. The van der Waals surface area contributed by atoms with Gasteiger partial charge in [0.25, 0.3) is 0 Å². The van der Waals surface area contributed by atoms with Gasteiger partial charge in [-0.25, -0.2) is 0 Å². The van der Waals surface area contributed by atoms with E-state index in [2.05, 4.69) is 0 Å². The maximum atomic E-state index is 11.6. The molecule has 1 heterocycles. The molecule has 1 rings (SSSR count). The Bertz CT molecular complexity index is 304. The van der Waals surface area contributed by atoms with E-state index in [1.165, 1.54) is 7.11 Å². The fourth-order valence-corrected chi connectivity index (χ4v) is 1.94. The van der Waals surface area contributed by atoms with Crippen molar-refractivity contribution in [1.29, 1.82) is 0 Å². The van der Waals surface area contributed by atoms with Crippen LogP contribution in [0.2, 0.25) is 0 Å². The summed E-state index contributed by atoms with van der Waals surface area (Å²) in [6.07, 6.45) is 0. The van der Waals surface area contributed by atoms with Crippen LogP contribution in [0.1, 0.15) is 13.8 Å². The van der Waals surface area contributed by atoms with Crippen molar-refractivity contribution in [2.45, 2.75) is 19.9 Å². The average Bonchev–Trinajstić information content (AvgIpc) is 2.27. The van der Waals surface area contributed by atoms with Crippen molar-refractivity contribution in [1.82, 2.24) is 4.90 Å². The first-order chi connectivity index (χ1) is 7.88. The van der Waals surface area contributed by atoms with E-state index < -0.39 is 17.4 Å². The Hall–Kier alpha value is -1.14. The maximum Gasteiger partial charge on any atom is 0.312 e. The van der Waals surface area contributed by atoms with Crippen molar-refractivity contribution < 1.29 is 19.1 Å². The van der Waals surface area contributed by atoms with Gasteiger partial charge in [-0.05, 0) is 13.8 Å². The summed E-state index contributed by atoms with van der Waals surface area (Å²) in [6.45, 7) is 5.41. The Kier molecular flexibility index (Phi) is 4.47. The van der Waals surface area contributed by atoms with Crippen LogP contribution in [-0.2, 0) is 19.1 Å². The topological polar surface area (TPSA) is 81.9 Å². The number of carbonyl (C=O) groups excluding carboxylic acids is 2. The SMILES string of the molecule is COC(=O)C(C)(C)CN1CCOCC1C(N)=O. The minimum Gasteiger partial charge on any atom is -0.469 e. The predicted octanol–water partition coefficient (Wildman–Crippen LogP) is -0.628. The highest BCUT2D eigenvalue weighted by Crippen LogP contribution is 2.21. The normalized spacial score (nSPS) is 22.2. The maximum absolute atomic E-state index is 11.6. The Labute approximate surface area is 101 Å². The molecule has 1 fully saturated rings. The number of hydrogen-bond donors (Lipinski definition) is 1. The van der Waals surface area contributed by atoms with Crippen LogP contribution in [0.5, 0.6) is 0 Å². The lowest BCUT2D eigenvalue weighted by atomic mass is 9.92. The number of amides is 1. The summed E-state index contributed by atoms with van der Waals surface area (Å²) in [5.74, 6) is -0.724. The summed E-state index contributed by atoms with van der Waals surface area (Å²) in [7, 11) is 1.36. The van der Waals surface area contributed by atoms with Gasteiger partial charge in [-0.2, -0.15) is 0 Å². The molecule has 0 aliphatic carbocycles. The molecule has 1 atom stereocenters. The Morgan fingerprint density at radius 2 is 2.18 bits per heavy atom. The standard InChI is InChI=1S/C11H20N2O4/c1-11(2,10(15)16-3)7-13-4-5-17-6-8(13)9(12)14/h8H,4-7H2,1-3H3,(H2,12,14). The van der Waals surface area contributed by atoms with E-state index in [4.69, 9.17) is 15.2 Å². The fraction of sp³-hybridized carbons (Fsp3) is 0.818.